The average molecular weight is 365 g/mol. The highest BCUT2D eigenvalue weighted by Crippen LogP contribution is 2.23. The van der Waals surface area contributed by atoms with Gasteiger partial charge in [-0.3, -0.25) is 4.79 Å². The van der Waals surface area contributed by atoms with Crippen LogP contribution in [0.15, 0.2) is 57.9 Å². The first-order valence-corrected chi connectivity index (χ1v) is 8.87. The number of hydrogen-bond donors (Lipinski definition) is 1. The van der Waals surface area contributed by atoms with E-state index < -0.39 is 5.91 Å². The molecule has 0 aliphatic carbocycles. The van der Waals surface area contributed by atoms with E-state index >= 15 is 0 Å². The van der Waals surface area contributed by atoms with Crippen molar-refractivity contribution in [3.63, 3.8) is 0 Å². The van der Waals surface area contributed by atoms with Gasteiger partial charge in [0, 0.05) is 30.2 Å². The van der Waals surface area contributed by atoms with E-state index in [9.17, 15) is 4.79 Å². The second-order valence-corrected chi connectivity index (χ2v) is 6.03. The molecule has 0 saturated carbocycles. The smallest absolute Gasteiger partial charge is 0.254 e. The molecule has 0 fully saturated rings. The van der Waals surface area contributed by atoms with Gasteiger partial charge in [0.15, 0.2) is 0 Å². The Hall–Kier alpha value is -3.28. The lowest BCUT2D eigenvalue weighted by atomic mass is 10.1. The van der Waals surface area contributed by atoms with E-state index in [1.165, 1.54) is 0 Å². The van der Waals surface area contributed by atoms with E-state index in [-0.39, 0.29) is 11.1 Å². The fourth-order valence-electron chi connectivity index (χ4n) is 2.93. The first-order chi connectivity index (χ1) is 13.0. The molecule has 6 nitrogen and oxygen atoms in total. The zero-order valence-electron chi connectivity index (χ0n) is 15.7. The largest absolute Gasteiger partial charge is 0.497 e. The Morgan fingerprint density at radius 2 is 1.81 bits per heavy atom. The number of fused-ring (bicyclic) bond motifs is 1. The van der Waals surface area contributed by atoms with E-state index in [1.54, 1.807) is 37.4 Å². The van der Waals surface area contributed by atoms with Gasteiger partial charge in [-0.2, -0.15) is 0 Å². The fraction of sp³-hybridized carbons (Fsp3) is 0.238. The van der Waals surface area contributed by atoms with Crippen molar-refractivity contribution in [2.75, 3.05) is 25.1 Å². The molecular formula is C21H23N3O3. The van der Waals surface area contributed by atoms with Gasteiger partial charge >= 0.3 is 0 Å². The summed E-state index contributed by atoms with van der Waals surface area (Å²) in [5.41, 5.74) is 8.32. The summed E-state index contributed by atoms with van der Waals surface area (Å²) in [6.45, 7) is 5.99. The van der Waals surface area contributed by atoms with Crippen molar-refractivity contribution in [2.24, 2.45) is 10.7 Å². The van der Waals surface area contributed by atoms with E-state index in [0.717, 1.165) is 29.9 Å². The summed E-state index contributed by atoms with van der Waals surface area (Å²) in [6, 6.07) is 14.8. The van der Waals surface area contributed by atoms with Crippen LogP contribution in [0.1, 0.15) is 24.2 Å². The molecule has 1 heterocycles. The summed E-state index contributed by atoms with van der Waals surface area (Å²) >= 11 is 0. The maximum absolute atomic E-state index is 11.9. The summed E-state index contributed by atoms with van der Waals surface area (Å²) in [5, 5.41) is 0.799. The molecule has 1 aromatic heterocycles. The van der Waals surface area contributed by atoms with Crippen molar-refractivity contribution in [3.8, 4) is 5.75 Å². The third-order valence-corrected chi connectivity index (χ3v) is 4.43. The van der Waals surface area contributed by atoms with Crippen LogP contribution in [0.25, 0.3) is 11.0 Å². The molecule has 0 atom stereocenters. The number of anilines is 1. The number of carbonyl (C=O) groups excluding carboxylic acids is 1. The van der Waals surface area contributed by atoms with Crippen LogP contribution >= 0.6 is 0 Å². The monoisotopic (exact) mass is 365 g/mol. The van der Waals surface area contributed by atoms with E-state index in [0.29, 0.717) is 11.3 Å². The maximum Gasteiger partial charge on any atom is 0.254 e. The van der Waals surface area contributed by atoms with Crippen molar-refractivity contribution < 1.29 is 13.9 Å². The maximum atomic E-state index is 11.9. The minimum Gasteiger partial charge on any atom is -0.497 e. The number of benzene rings is 2. The number of amides is 1. The predicted octanol–water partition coefficient (Wildman–Crippen LogP) is 3.62. The molecule has 3 aromatic rings. The van der Waals surface area contributed by atoms with Crippen LogP contribution in [-0.2, 0) is 0 Å². The van der Waals surface area contributed by atoms with Gasteiger partial charge in [-0.25, -0.2) is 4.99 Å². The lowest BCUT2D eigenvalue weighted by Gasteiger charge is -2.21. The molecule has 140 valence electrons. The van der Waals surface area contributed by atoms with Gasteiger partial charge in [0.25, 0.3) is 5.91 Å². The van der Waals surface area contributed by atoms with Crippen LogP contribution in [-0.4, -0.2) is 26.1 Å². The predicted molar refractivity (Wildman–Crippen MR) is 107 cm³/mol. The summed E-state index contributed by atoms with van der Waals surface area (Å²) in [4.78, 5) is 18.6. The number of rotatable bonds is 6. The molecule has 2 N–H and O–H groups in total. The van der Waals surface area contributed by atoms with Crippen LogP contribution in [0.3, 0.4) is 0 Å². The quantitative estimate of drug-likeness (QED) is 0.723. The Kier molecular flexibility index (Phi) is 5.45. The van der Waals surface area contributed by atoms with Crippen molar-refractivity contribution in [3.05, 3.63) is 59.6 Å². The van der Waals surface area contributed by atoms with Gasteiger partial charge in [0.2, 0.25) is 5.55 Å². The van der Waals surface area contributed by atoms with Gasteiger partial charge < -0.3 is 19.8 Å². The second kappa shape index (κ2) is 7.95. The Bertz CT molecular complexity index is 1020. The molecule has 1 amide bonds. The molecule has 0 unspecified atom stereocenters. The van der Waals surface area contributed by atoms with Gasteiger partial charge in [0.1, 0.15) is 16.9 Å². The van der Waals surface area contributed by atoms with Crippen LogP contribution in [0, 0.1) is 0 Å². The fourth-order valence-corrected chi connectivity index (χ4v) is 2.93. The number of hydrogen-bond acceptors (Lipinski definition) is 5. The first-order valence-electron chi connectivity index (χ1n) is 8.87. The molecule has 0 spiro atoms. The zero-order chi connectivity index (χ0) is 19.4. The van der Waals surface area contributed by atoms with Crippen LogP contribution in [0.4, 0.5) is 11.4 Å². The molecule has 0 aliphatic rings. The van der Waals surface area contributed by atoms with Crippen molar-refractivity contribution in [1.29, 1.82) is 0 Å². The lowest BCUT2D eigenvalue weighted by molar-refractivity contribution is 0.0996. The first kappa shape index (κ1) is 18.5. The molecule has 0 bridgehead atoms. The summed E-state index contributed by atoms with van der Waals surface area (Å²) in [6.07, 6.45) is 0. The number of ether oxygens (including phenoxy) is 1. The highest BCUT2D eigenvalue weighted by Gasteiger charge is 2.11. The van der Waals surface area contributed by atoms with E-state index in [4.69, 9.17) is 14.9 Å². The van der Waals surface area contributed by atoms with Crippen molar-refractivity contribution in [1.82, 2.24) is 0 Å². The third-order valence-electron chi connectivity index (χ3n) is 4.43. The highest BCUT2D eigenvalue weighted by molar-refractivity contribution is 5.95. The van der Waals surface area contributed by atoms with E-state index in [1.807, 2.05) is 18.2 Å². The molecule has 0 saturated heterocycles. The lowest BCUT2D eigenvalue weighted by Crippen LogP contribution is -2.22. The van der Waals surface area contributed by atoms with Gasteiger partial charge in [-0.15, -0.1) is 0 Å². The summed E-state index contributed by atoms with van der Waals surface area (Å²) in [5.74, 6) is 0.143. The molecule has 6 heteroatoms. The van der Waals surface area contributed by atoms with Crippen molar-refractivity contribution >= 4 is 28.3 Å². The second-order valence-electron chi connectivity index (χ2n) is 6.03. The van der Waals surface area contributed by atoms with Crippen LogP contribution in [0.5, 0.6) is 5.75 Å². The zero-order valence-corrected chi connectivity index (χ0v) is 15.7. The molecule has 0 radical (unpaired) electrons. The van der Waals surface area contributed by atoms with Gasteiger partial charge in [0.05, 0.1) is 12.8 Å². The Morgan fingerprint density at radius 1 is 1.11 bits per heavy atom. The van der Waals surface area contributed by atoms with Crippen LogP contribution in [0.2, 0.25) is 0 Å². The SMILES string of the molecule is CCN(CC)c1ccc2cc(C(N)=O)c(=Nc3ccc(OC)cc3)oc2c1. The number of nitrogens with two attached hydrogens (primary N) is 1. The number of carbonyl (C=O) groups is 1. The molecule has 27 heavy (non-hydrogen) atoms. The van der Waals surface area contributed by atoms with Crippen LogP contribution < -0.4 is 20.9 Å². The molecule has 2 aromatic carbocycles. The normalized spacial score (nSPS) is 11.6. The number of primary amides is 1. The van der Waals surface area contributed by atoms with Crippen molar-refractivity contribution in [2.45, 2.75) is 13.8 Å². The molecule has 3 rings (SSSR count). The van der Waals surface area contributed by atoms with Gasteiger partial charge in [-0.1, -0.05) is 0 Å². The average Bonchev–Trinajstić information content (AvgIpc) is 2.68. The Balaban J connectivity index is 2.17. The van der Waals surface area contributed by atoms with E-state index in [2.05, 4.69) is 23.7 Å². The van der Waals surface area contributed by atoms with Gasteiger partial charge in [-0.05, 0) is 56.3 Å². The number of nitrogens with zero attached hydrogens (tertiary/aromatic N) is 2. The minimum atomic E-state index is -0.583. The minimum absolute atomic E-state index is 0.192. The topological polar surface area (TPSA) is 81.1 Å². The molecule has 0 aliphatic heterocycles. The number of methoxy groups -OCH3 is 1. The molecular weight excluding hydrogens is 342 g/mol. The third kappa shape index (κ3) is 3.95. The highest BCUT2D eigenvalue weighted by atomic mass is 16.5. The Morgan fingerprint density at radius 3 is 2.41 bits per heavy atom. The summed E-state index contributed by atoms with van der Waals surface area (Å²) in [7, 11) is 1.60. The Labute approximate surface area is 157 Å². The standard InChI is InChI=1S/C21H23N3O3/c1-4-24(5-2)16-9-6-14-12-18(20(22)25)21(27-19(14)13-16)23-15-7-10-17(26-3)11-8-15/h6-13H,4-5H2,1-3H3,(H2,22,25). The summed E-state index contributed by atoms with van der Waals surface area (Å²) < 4.78 is 11.1.